The minimum atomic E-state index is -2.36. The Balaban J connectivity index is 2.31. The first-order valence-electron chi connectivity index (χ1n) is 6.11. The van der Waals surface area contributed by atoms with Gasteiger partial charge in [0.05, 0.1) is 23.4 Å². The second-order valence-corrected chi connectivity index (χ2v) is 5.12. The van der Waals surface area contributed by atoms with Crippen molar-refractivity contribution in [2.75, 3.05) is 7.11 Å². The van der Waals surface area contributed by atoms with Gasteiger partial charge < -0.3 is 4.74 Å². The van der Waals surface area contributed by atoms with Crippen LogP contribution in [0.3, 0.4) is 0 Å². The minimum Gasteiger partial charge on any atom is -0.497 e. The molecule has 0 atom stereocenters. The number of hydrogen-bond acceptors (Lipinski definition) is 6. The minimum absolute atomic E-state index is 0.00631. The molecule has 0 aromatic heterocycles. The van der Waals surface area contributed by atoms with Gasteiger partial charge in [-0.05, 0) is 41.9 Å². The van der Waals surface area contributed by atoms with Crippen LogP contribution in [0.15, 0.2) is 63.2 Å². The van der Waals surface area contributed by atoms with Crippen molar-refractivity contribution in [2.45, 2.75) is 6.42 Å². The van der Waals surface area contributed by atoms with E-state index >= 15 is 0 Å². The van der Waals surface area contributed by atoms with Gasteiger partial charge in [-0.1, -0.05) is 5.11 Å². The second-order valence-electron chi connectivity index (χ2n) is 4.13. The van der Waals surface area contributed by atoms with E-state index in [1.54, 1.807) is 31.4 Å². The van der Waals surface area contributed by atoms with Crippen molar-refractivity contribution in [3.63, 3.8) is 0 Å². The van der Waals surface area contributed by atoms with E-state index in [-0.39, 0.29) is 17.0 Å². The van der Waals surface area contributed by atoms with Crippen molar-refractivity contribution in [2.24, 2.45) is 15.3 Å². The third-order valence-corrected chi connectivity index (χ3v) is 3.50. The highest BCUT2D eigenvalue weighted by molar-refractivity contribution is 7.73. The molecule has 1 aromatic rings. The van der Waals surface area contributed by atoms with Crippen LogP contribution in [0, 0.1) is 0 Å². The lowest BCUT2D eigenvalue weighted by atomic mass is 10.1. The molecular weight excluding hydrogens is 306 g/mol. The van der Waals surface area contributed by atoms with E-state index < -0.39 is 10.3 Å². The Kier molecular flexibility index (Phi) is 5.07. The van der Waals surface area contributed by atoms with E-state index in [1.165, 1.54) is 12.2 Å². The number of ether oxygens (including phenoxy) is 1. The van der Waals surface area contributed by atoms with Crippen molar-refractivity contribution in [3.8, 4) is 5.75 Å². The Morgan fingerprint density at radius 3 is 2.50 bits per heavy atom. The van der Waals surface area contributed by atoms with Gasteiger partial charge in [0.25, 0.3) is 0 Å². The van der Waals surface area contributed by atoms with Gasteiger partial charge in [0.2, 0.25) is 10.3 Å². The van der Waals surface area contributed by atoms with Gasteiger partial charge in [0.1, 0.15) is 5.75 Å². The molecule has 2 rings (SSSR count). The van der Waals surface area contributed by atoms with Crippen molar-refractivity contribution < 1.29 is 13.2 Å². The molecule has 112 valence electrons. The normalized spacial score (nSPS) is 14.1. The number of azide groups is 1. The Morgan fingerprint density at radius 1 is 1.18 bits per heavy atom. The molecule has 0 fully saturated rings. The highest BCUT2D eigenvalue weighted by atomic mass is 32.2. The summed E-state index contributed by atoms with van der Waals surface area (Å²) in [6.45, 7) is 0. The number of methoxy groups -OCH3 is 1. The molecule has 8 nitrogen and oxygen atoms in total. The first-order chi connectivity index (χ1) is 10.6. The van der Waals surface area contributed by atoms with Crippen LogP contribution in [-0.2, 0) is 10.3 Å². The number of hydrogen-bond donors (Lipinski definition) is 0. The van der Waals surface area contributed by atoms with Crippen LogP contribution in [0.1, 0.15) is 6.42 Å². The molecule has 0 heterocycles. The van der Waals surface area contributed by atoms with Crippen LogP contribution in [0.25, 0.3) is 10.4 Å². The molecule has 9 heteroatoms. The van der Waals surface area contributed by atoms with E-state index in [9.17, 15) is 8.42 Å². The van der Waals surface area contributed by atoms with Gasteiger partial charge in [0, 0.05) is 17.0 Å². The standard InChI is InChI=1S/C13H11N5O3S/c1-21-10-4-2-9(3-5-10)15-16-12-7-6-11(22(19)20)8-13(12)17-18-14/h2-7H,8H2,1H3. The molecular formula is C13H11N5O3S. The van der Waals surface area contributed by atoms with E-state index in [0.29, 0.717) is 17.1 Å². The maximum Gasteiger partial charge on any atom is 0.217 e. The molecule has 0 amide bonds. The highest BCUT2D eigenvalue weighted by Crippen LogP contribution is 2.23. The zero-order valence-electron chi connectivity index (χ0n) is 11.5. The Morgan fingerprint density at radius 2 is 1.91 bits per heavy atom. The van der Waals surface area contributed by atoms with Gasteiger partial charge in [-0.3, -0.25) is 0 Å². The number of benzene rings is 1. The fourth-order valence-electron chi connectivity index (χ4n) is 1.69. The summed E-state index contributed by atoms with van der Waals surface area (Å²) in [4.78, 5) is 2.81. The van der Waals surface area contributed by atoms with E-state index in [1.807, 2.05) is 0 Å². The molecule has 0 radical (unpaired) electrons. The monoisotopic (exact) mass is 317 g/mol. The number of allylic oxidation sites excluding steroid dienone is 3. The molecule has 22 heavy (non-hydrogen) atoms. The first kappa shape index (κ1) is 15.5. The van der Waals surface area contributed by atoms with Crippen molar-refractivity contribution in [1.82, 2.24) is 0 Å². The van der Waals surface area contributed by atoms with Gasteiger partial charge in [-0.25, -0.2) is 0 Å². The second kappa shape index (κ2) is 7.21. The van der Waals surface area contributed by atoms with E-state index in [4.69, 9.17) is 10.3 Å². The van der Waals surface area contributed by atoms with E-state index in [0.717, 1.165) is 0 Å². The third-order valence-electron chi connectivity index (χ3n) is 2.79. The quantitative estimate of drug-likeness (QED) is 0.367. The van der Waals surface area contributed by atoms with Gasteiger partial charge >= 0.3 is 0 Å². The molecule has 0 bridgehead atoms. The molecule has 1 aromatic carbocycles. The molecule has 0 saturated heterocycles. The van der Waals surface area contributed by atoms with Crippen molar-refractivity contribution >= 4 is 20.8 Å². The lowest BCUT2D eigenvalue weighted by molar-refractivity contribution is 0.415. The highest BCUT2D eigenvalue weighted by Gasteiger charge is 2.12. The number of azo groups is 1. The van der Waals surface area contributed by atoms with Crippen LogP contribution < -0.4 is 4.74 Å². The fourth-order valence-corrected chi connectivity index (χ4v) is 2.12. The average Bonchev–Trinajstić information content (AvgIpc) is 2.54. The van der Waals surface area contributed by atoms with Gasteiger partial charge in [-0.2, -0.15) is 18.6 Å². The summed E-state index contributed by atoms with van der Waals surface area (Å²) in [6.07, 6.45) is 2.85. The average molecular weight is 317 g/mol. The Hall–Kier alpha value is -2.90. The van der Waals surface area contributed by atoms with Gasteiger partial charge in [0.15, 0.2) is 0 Å². The zero-order valence-corrected chi connectivity index (χ0v) is 12.4. The molecule has 0 aliphatic heterocycles. The third kappa shape index (κ3) is 3.81. The summed E-state index contributed by atoms with van der Waals surface area (Å²) in [6, 6.07) is 6.90. The Bertz CT molecular complexity index is 836. The zero-order chi connectivity index (χ0) is 15.9. The lowest BCUT2D eigenvalue weighted by Gasteiger charge is -2.07. The maximum atomic E-state index is 10.9. The lowest BCUT2D eigenvalue weighted by Crippen LogP contribution is -2.03. The summed E-state index contributed by atoms with van der Waals surface area (Å²) in [5.41, 5.74) is 9.67. The summed E-state index contributed by atoms with van der Waals surface area (Å²) in [5, 5.41) is 11.5. The summed E-state index contributed by atoms with van der Waals surface area (Å²) in [7, 11) is -0.795. The largest absolute Gasteiger partial charge is 0.497 e. The molecule has 0 saturated carbocycles. The van der Waals surface area contributed by atoms with Crippen molar-refractivity contribution in [1.29, 1.82) is 0 Å². The maximum absolute atomic E-state index is 10.9. The fraction of sp³-hybridized carbons (Fsp3) is 0.154. The molecule has 0 unspecified atom stereocenters. The Labute approximate surface area is 127 Å². The number of rotatable bonds is 4. The first-order valence-corrected chi connectivity index (χ1v) is 7.18. The molecule has 0 N–H and O–H groups in total. The van der Waals surface area contributed by atoms with E-state index in [2.05, 4.69) is 20.3 Å². The summed E-state index contributed by atoms with van der Waals surface area (Å²) < 4.78 is 26.9. The van der Waals surface area contributed by atoms with Crippen molar-refractivity contribution in [3.05, 3.63) is 58.3 Å². The smallest absolute Gasteiger partial charge is 0.217 e. The van der Waals surface area contributed by atoms with Crippen LogP contribution >= 0.6 is 0 Å². The molecule has 1 aliphatic rings. The predicted molar refractivity (Wildman–Crippen MR) is 81.4 cm³/mol. The van der Waals surface area contributed by atoms with Gasteiger partial charge in [-0.15, -0.1) is 0 Å². The SMILES string of the molecule is COc1ccc(N=NC2=C(N=[N+]=[N-])CC(=S(=O)=O)C=C2)cc1. The van der Waals surface area contributed by atoms with Crippen LogP contribution in [0.2, 0.25) is 0 Å². The topological polar surface area (TPSA) is 117 Å². The molecule has 0 spiro atoms. The summed E-state index contributed by atoms with van der Waals surface area (Å²) in [5.74, 6) is 0.697. The van der Waals surface area contributed by atoms with Crippen LogP contribution in [0.5, 0.6) is 5.75 Å². The van der Waals surface area contributed by atoms with Crippen LogP contribution in [-0.4, -0.2) is 20.4 Å². The summed E-state index contributed by atoms with van der Waals surface area (Å²) >= 11 is 0. The number of nitrogens with zero attached hydrogens (tertiary/aromatic N) is 5. The molecule has 1 aliphatic carbocycles. The van der Waals surface area contributed by atoms with Crippen LogP contribution in [0.4, 0.5) is 5.69 Å². The predicted octanol–water partition coefficient (Wildman–Crippen LogP) is 3.31.